The molecule has 0 aromatic carbocycles. The second-order valence-corrected chi connectivity index (χ2v) is 19.7. The quantitative estimate of drug-likeness (QED) is 0.0266. The molecular weight excluding hydrogens is 765 g/mol. The summed E-state index contributed by atoms with van der Waals surface area (Å²) in [6.45, 7) is 4.55. The zero-order valence-electron chi connectivity index (χ0n) is 41.8. The van der Waals surface area contributed by atoms with Gasteiger partial charge in [-0.1, -0.05) is 282 Å². The van der Waals surface area contributed by atoms with Crippen molar-refractivity contribution in [1.82, 2.24) is 0 Å². The van der Waals surface area contributed by atoms with Crippen LogP contribution in [0.25, 0.3) is 0 Å². The summed E-state index contributed by atoms with van der Waals surface area (Å²) < 4.78 is 0. The van der Waals surface area contributed by atoms with E-state index in [9.17, 15) is 20.4 Å². The van der Waals surface area contributed by atoms with Crippen LogP contribution in [-0.2, 0) is 0 Å². The predicted octanol–water partition coefficient (Wildman–Crippen LogP) is 15.4. The van der Waals surface area contributed by atoms with Gasteiger partial charge in [-0.3, -0.25) is 0 Å². The molecule has 6 atom stereocenters. The van der Waals surface area contributed by atoms with Crippen LogP contribution < -0.4 is 11.5 Å². The van der Waals surface area contributed by atoms with Crippen LogP contribution in [0.15, 0.2) is 24.3 Å². The van der Waals surface area contributed by atoms with Gasteiger partial charge in [0.25, 0.3) is 0 Å². The lowest BCUT2D eigenvalue weighted by atomic mass is 9.98. The summed E-state index contributed by atoms with van der Waals surface area (Å²) in [5.74, 6) is 0. The van der Waals surface area contributed by atoms with Crippen LogP contribution >= 0.6 is 0 Å². The molecule has 0 bridgehead atoms. The molecule has 0 heterocycles. The molecule has 0 saturated heterocycles. The third-order valence-corrected chi connectivity index (χ3v) is 13.5. The fraction of sp³-hybridized carbons (Fsp3) is 0.929. The summed E-state index contributed by atoms with van der Waals surface area (Å²) in [5, 5.41) is 41.9. The Kier molecular flexibility index (Phi) is 49.1. The van der Waals surface area contributed by atoms with Gasteiger partial charge in [0, 0.05) is 0 Å². The fourth-order valence-corrected chi connectivity index (χ4v) is 8.96. The molecule has 0 saturated carbocycles. The number of nitrogens with two attached hydrogens (primary N) is 2. The van der Waals surface area contributed by atoms with E-state index >= 15 is 0 Å². The Hall–Kier alpha value is -0.760. The normalized spacial score (nSPS) is 15.2. The van der Waals surface area contributed by atoms with Crippen LogP contribution in [-0.4, -0.2) is 56.9 Å². The van der Waals surface area contributed by atoms with E-state index in [0.29, 0.717) is 12.8 Å². The molecule has 2 unspecified atom stereocenters. The monoisotopic (exact) mass is 877 g/mol. The van der Waals surface area contributed by atoms with E-state index in [0.717, 1.165) is 51.4 Å². The lowest BCUT2D eigenvalue weighted by molar-refractivity contribution is 0.0706. The van der Waals surface area contributed by atoms with Crippen molar-refractivity contribution in [1.29, 1.82) is 0 Å². The topological polar surface area (TPSA) is 133 Å². The minimum absolute atomic E-state index is 0.597. The van der Waals surface area contributed by atoms with Crippen molar-refractivity contribution in [2.24, 2.45) is 11.5 Å². The largest absolute Gasteiger partial charge is 0.391 e. The zero-order valence-corrected chi connectivity index (χ0v) is 41.8. The van der Waals surface area contributed by atoms with Gasteiger partial charge in [-0.05, 0) is 38.5 Å². The first-order chi connectivity index (χ1) is 30.3. The summed E-state index contributed by atoms with van der Waals surface area (Å²) in [6.07, 6.45) is 60.4. The van der Waals surface area contributed by atoms with E-state index in [4.69, 9.17) is 11.5 Å². The summed E-state index contributed by atoms with van der Waals surface area (Å²) in [5.41, 5.74) is 12.3. The van der Waals surface area contributed by atoms with Crippen LogP contribution in [0.2, 0.25) is 0 Å². The van der Waals surface area contributed by atoms with Gasteiger partial charge in [-0.25, -0.2) is 0 Å². The summed E-state index contributed by atoms with van der Waals surface area (Å²) in [7, 11) is 0. The Balaban J connectivity index is 3.51. The summed E-state index contributed by atoms with van der Waals surface area (Å²) in [4.78, 5) is 0. The molecule has 370 valence electrons. The minimum Gasteiger partial charge on any atom is -0.391 e. The van der Waals surface area contributed by atoms with Crippen LogP contribution in [0.3, 0.4) is 0 Å². The maximum absolute atomic E-state index is 10.5. The van der Waals surface area contributed by atoms with Crippen molar-refractivity contribution in [3.8, 4) is 0 Å². The van der Waals surface area contributed by atoms with E-state index in [-0.39, 0.29) is 0 Å². The van der Waals surface area contributed by atoms with Crippen molar-refractivity contribution >= 4 is 0 Å². The van der Waals surface area contributed by atoms with Crippen molar-refractivity contribution in [2.45, 2.75) is 333 Å². The Morgan fingerprint density at radius 2 is 0.484 bits per heavy atom. The third kappa shape index (κ3) is 43.1. The van der Waals surface area contributed by atoms with Gasteiger partial charge in [0.2, 0.25) is 0 Å². The lowest BCUT2D eigenvalue weighted by Gasteiger charge is -2.22. The highest BCUT2D eigenvalue weighted by atomic mass is 16.3. The maximum atomic E-state index is 10.5. The SMILES string of the molecule is CCCCCCCCCCCCC/C=C/[C@@H](O)[C@@H](N)C(O)CCCCCCCCCCCCCCCCCCCCC(O)[C@H](N)[C@H](O)/C=C/CCCCCCCCCCCCC. The lowest BCUT2D eigenvalue weighted by Crippen LogP contribution is -2.43. The van der Waals surface area contributed by atoms with Gasteiger partial charge in [-0.15, -0.1) is 0 Å². The summed E-state index contributed by atoms with van der Waals surface area (Å²) >= 11 is 0. The average Bonchev–Trinajstić information content (AvgIpc) is 3.27. The van der Waals surface area contributed by atoms with Gasteiger partial charge < -0.3 is 31.9 Å². The number of allylic oxidation sites excluding steroid dienone is 2. The Morgan fingerprint density at radius 3 is 0.710 bits per heavy atom. The highest BCUT2D eigenvalue weighted by Gasteiger charge is 2.21. The number of aliphatic hydroxyl groups excluding tert-OH is 4. The molecule has 62 heavy (non-hydrogen) atoms. The highest BCUT2D eigenvalue weighted by Crippen LogP contribution is 2.18. The number of unbranched alkanes of at least 4 members (excludes halogenated alkanes) is 39. The van der Waals surface area contributed by atoms with Gasteiger partial charge in [0.1, 0.15) is 0 Å². The number of hydrogen-bond donors (Lipinski definition) is 6. The number of aliphatic hydroxyl groups is 4. The van der Waals surface area contributed by atoms with E-state index in [1.807, 2.05) is 0 Å². The maximum Gasteiger partial charge on any atom is 0.0897 e. The summed E-state index contributed by atoms with van der Waals surface area (Å²) in [6, 6.07) is -1.19. The van der Waals surface area contributed by atoms with Gasteiger partial charge in [-0.2, -0.15) is 0 Å². The van der Waals surface area contributed by atoms with Gasteiger partial charge in [0.15, 0.2) is 0 Å². The fourth-order valence-electron chi connectivity index (χ4n) is 8.96. The Bertz CT molecular complexity index is 842. The van der Waals surface area contributed by atoms with E-state index in [1.165, 1.54) is 218 Å². The van der Waals surface area contributed by atoms with Crippen molar-refractivity contribution in [2.75, 3.05) is 0 Å². The van der Waals surface area contributed by atoms with Crippen LogP contribution in [0.5, 0.6) is 0 Å². The predicted molar refractivity (Wildman–Crippen MR) is 273 cm³/mol. The molecule has 0 aliphatic heterocycles. The Labute approximate surface area is 387 Å². The van der Waals surface area contributed by atoms with Crippen LogP contribution in [0.1, 0.15) is 296 Å². The van der Waals surface area contributed by atoms with Crippen LogP contribution in [0.4, 0.5) is 0 Å². The first-order valence-corrected chi connectivity index (χ1v) is 27.9. The molecule has 0 amide bonds. The van der Waals surface area contributed by atoms with E-state index in [2.05, 4.69) is 26.0 Å². The molecule has 0 spiro atoms. The standard InChI is InChI=1S/C56H112N2O4/c1-3-5-7-9-11-13-15-23-27-31-35-39-43-47-51(59)55(57)53(61)49-45-41-37-33-29-25-21-19-17-18-20-22-26-30-34-38-42-46-50-54(62)56(58)52(60)48-44-40-36-32-28-24-16-14-12-10-8-6-4-2/h43-44,47-48,51-56,59-62H,3-42,45-46,49-50,57-58H2,1-2H3/b47-43+,48-44+/t51-,52-,53?,54?,55-,56-/m1/s1. The van der Waals surface area contributed by atoms with Crippen LogP contribution in [0, 0.1) is 0 Å². The number of hydrogen-bond acceptors (Lipinski definition) is 6. The smallest absolute Gasteiger partial charge is 0.0897 e. The van der Waals surface area contributed by atoms with E-state index < -0.39 is 36.5 Å². The second-order valence-electron chi connectivity index (χ2n) is 19.7. The van der Waals surface area contributed by atoms with Gasteiger partial charge in [0.05, 0.1) is 36.5 Å². The molecule has 0 aromatic heterocycles. The highest BCUT2D eigenvalue weighted by molar-refractivity contribution is 4.97. The third-order valence-electron chi connectivity index (χ3n) is 13.5. The number of rotatable bonds is 51. The molecule has 8 N–H and O–H groups in total. The van der Waals surface area contributed by atoms with Crippen molar-refractivity contribution in [3.63, 3.8) is 0 Å². The molecule has 0 fully saturated rings. The first-order valence-electron chi connectivity index (χ1n) is 27.9. The molecule has 0 aliphatic rings. The molecular formula is C56H112N2O4. The van der Waals surface area contributed by atoms with E-state index in [1.54, 1.807) is 12.2 Å². The van der Waals surface area contributed by atoms with Crippen molar-refractivity contribution < 1.29 is 20.4 Å². The van der Waals surface area contributed by atoms with Crippen molar-refractivity contribution in [3.05, 3.63) is 24.3 Å². The molecule has 0 aliphatic carbocycles. The average molecular weight is 878 g/mol. The molecule has 6 nitrogen and oxygen atoms in total. The molecule has 6 heteroatoms. The minimum atomic E-state index is -0.763. The van der Waals surface area contributed by atoms with Gasteiger partial charge >= 0.3 is 0 Å². The molecule has 0 aromatic rings. The first kappa shape index (κ1) is 61.2. The Morgan fingerprint density at radius 1 is 0.290 bits per heavy atom. The second kappa shape index (κ2) is 49.7. The molecule has 0 rings (SSSR count). The molecule has 0 radical (unpaired) electrons. The zero-order chi connectivity index (χ0) is 45.4.